The van der Waals surface area contributed by atoms with Crippen LogP contribution in [0.3, 0.4) is 0 Å². The highest BCUT2D eigenvalue weighted by Gasteiger charge is 2.22. The van der Waals surface area contributed by atoms with E-state index in [1.165, 1.54) is 34.5 Å². The number of nitrogens with zero attached hydrogens (tertiary/aromatic N) is 3. The molecular weight excluding hydrogens is 436 g/mol. The number of hydrogen-bond acceptors (Lipinski definition) is 8. The summed E-state index contributed by atoms with van der Waals surface area (Å²) in [5.74, 6) is 0.373. The number of aromatic nitrogens is 2. The zero-order valence-electron chi connectivity index (χ0n) is 14.7. The number of sulfonamides is 1. The molecule has 3 rings (SSSR count). The SMILES string of the molecule is C=CCSc1nnc(NC(=O)c2ccc(N(C)S(=O)(=O)c3cccs3)cc2)s1. The van der Waals surface area contributed by atoms with Crippen LogP contribution in [0.4, 0.5) is 10.8 Å². The number of amides is 1. The van der Waals surface area contributed by atoms with Crippen molar-refractivity contribution in [2.75, 3.05) is 22.4 Å². The summed E-state index contributed by atoms with van der Waals surface area (Å²) < 4.78 is 27.3. The third-order valence-corrected chi connectivity index (χ3v) is 8.68. The minimum atomic E-state index is -3.61. The van der Waals surface area contributed by atoms with E-state index < -0.39 is 10.0 Å². The highest BCUT2D eigenvalue weighted by molar-refractivity contribution is 8.01. The molecule has 0 atom stereocenters. The Bertz CT molecular complexity index is 1060. The Kier molecular flexibility index (Phi) is 6.50. The fourth-order valence-corrected chi connectivity index (χ4v) is 5.99. The lowest BCUT2D eigenvalue weighted by Gasteiger charge is -2.18. The maximum absolute atomic E-state index is 12.6. The fourth-order valence-electron chi connectivity index (χ4n) is 2.12. The molecule has 0 aliphatic carbocycles. The second kappa shape index (κ2) is 8.86. The molecule has 1 aromatic carbocycles. The molecule has 0 saturated heterocycles. The Balaban J connectivity index is 1.69. The smallest absolute Gasteiger partial charge is 0.273 e. The predicted molar refractivity (Wildman–Crippen MR) is 115 cm³/mol. The maximum atomic E-state index is 12.6. The zero-order chi connectivity index (χ0) is 20.1. The molecule has 28 heavy (non-hydrogen) atoms. The number of thiophene rings is 1. The van der Waals surface area contributed by atoms with Crippen molar-refractivity contribution in [2.45, 2.75) is 8.55 Å². The summed E-state index contributed by atoms with van der Waals surface area (Å²) in [4.78, 5) is 12.4. The average Bonchev–Trinajstić information content (AvgIpc) is 3.38. The molecule has 146 valence electrons. The van der Waals surface area contributed by atoms with Gasteiger partial charge in [-0.15, -0.1) is 28.1 Å². The second-order valence-electron chi connectivity index (χ2n) is 5.38. The van der Waals surface area contributed by atoms with E-state index in [4.69, 9.17) is 0 Å². The number of benzene rings is 1. The molecule has 0 saturated carbocycles. The van der Waals surface area contributed by atoms with Gasteiger partial charge in [0.1, 0.15) is 4.21 Å². The summed E-state index contributed by atoms with van der Waals surface area (Å²) in [6.45, 7) is 3.64. The molecule has 11 heteroatoms. The summed E-state index contributed by atoms with van der Waals surface area (Å²) in [6, 6.07) is 9.56. The van der Waals surface area contributed by atoms with E-state index in [-0.39, 0.29) is 10.1 Å². The van der Waals surface area contributed by atoms with E-state index in [1.54, 1.807) is 47.9 Å². The molecule has 1 amide bonds. The Morgan fingerprint density at radius 1 is 1.29 bits per heavy atom. The van der Waals surface area contributed by atoms with E-state index in [9.17, 15) is 13.2 Å². The monoisotopic (exact) mass is 452 g/mol. The first kappa shape index (κ1) is 20.5. The van der Waals surface area contributed by atoms with Crippen LogP contribution < -0.4 is 9.62 Å². The van der Waals surface area contributed by atoms with Gasteiger partial charge in [0.25, 0.3) is 15.9 Å². The molecule has 0 spiro atoms. The van der Waals surface area contributed by atoms with Crippen LogP contribution in [-0.2, 0) is 10.0 Å². The van der Waals surface area contributed by atoms with Gasteiger partial charge in [-0.2, -0.15) is 0 Å². The van der Waals surface area contributed by atoms with Gasteiger partial charge >= 0.3 is 0 Å². The van der Waals surface area contributed by atoms with Crippen molar-refractivity contribution in [3.63, 3.8) is 0 Å². The topological polar surface area (TPSA) is 92.3 Å². The van der Waals surface area contributed by atoms with Gasteiger partial charge < -0.3 is 0 Å². The van der Waals surface area contributed by atoms with Crippen molar-refractivity contribution < 1.29 is 13.2 Å². The summed E-state index contributed by atoms with van der Waals surface area (Å²) in [6.07, 6.45) is 1.77. The van der Waals surface area contributed by atoms with Gasteiger partial charge in [0.15, 0.2) is 4.34 Å². The molecule has 3 aromatic rings. The van der Waals surface area contributed by atoms with Crippen LogP contribution in [0.5, 0.6) is 0 Å². The summed E-state index contributed by atoms with van der Waals surface area (Å²) >= 11 is 3.92. The Hall–Kier alpha value is -2.21. The van der Waals surface area contributed by atoms with Gasteiger partial charge in [0.2, 0.25) is 5.13 Å². The lowest BCUT2D eigenvalue weighted by Crippen LogP contribution is -2.25. The largest absolute Gasteiger partial charge is 0.296 e. The maximum Gasteiger partial charge on any atom is 0.273 e. The van der Waals surface area contributed by atoms with Crippen LogP contribution in [-0.4, -0.2) is 37.3 Å². The molecule has 0 fully saturated rings. The first-order valence-corrected chi connectivity index (χ1v) is 12.0. The van der Waals surface area contributed by atoms with Gasteiger partial charge in [-0.1, -0.05) is 35.2 Å². The van der Waals surface area contributed by atoms with E-state index in [0.29, 0.717) is 22.1 Å². The number of thioether (sulfide) groups is 1. The molecule has 0 unspecified atom stereocenters. The average molecular weight is 453 g/mol. The molecule has 0 radical (unpaired) electrons. The zero-order valence-corrected chi connectivity index (χ0v) is 18.0. The van der Waals surface area contributed by atoms with E-state index in [1.807, 2.05) is 0 Å². The van der Waals surface area contributed by atoms with Crippen molar-refractivity contribution in [3.05, 3.63) is 60.0 Å². The van der Waals surface area contributed by atoms with Crippen molar-refractivity contribution in [3.8, 4) is 0 Å². The minimum absolute atomic E-state index is 0.262. The standard InChI is InChI=1S/C17H16N4O3S4/c1-3-10-26-17-20-19-16(27-17)18-15(22)12-6-8-13(9-7-12)21(2)28(23,24)14-5-4-11-25-14/h3-9,11H,1,10H2,2H3,(H,18,19,22). The quantitative estimate of drug-likeness (QED) is 0.316. The lowest BCUT2D eigenvalue weighted by molar-refractivity contribution is 0.102. The highest BCUT2D eigenvalue weighted by atomic mass is 32.2. The number of anilines is 2. The predicted octanol–water partition coefficient (Wildman–Crippen LogP) is 3.96. The van der Waals surface area contributed by atoms with E-state index >= 15 is 0 Å². The molecule has 0 aliphatic rings. The van der Waals surface area contributed by atoms with Crippen molar-refractivity contribution in [2.24, 2.45) is 0 Å². The molecule has 2 heterocycles. The Labute approximate surface area is 175 Å². The summed E-state index contributed by atoms with van der Waals surface area (Å²) in [5.41, 5.74) is 0.852. The Morgan fingerprint density at radius 3 is 2.68 bits per heavy atom. The summed E-state index contributed by atoms with van der Waals surface area (Å²) in [5, 5.41) is 12.7. The third kappa shape index (κ3) is 4.61. The summed E-state index contributed by atoms with van der Waals surface area (Å²) in [7, 11) is -2.13. The van der Waals surface area contributed by atoms with Gasteiger partial charge in [-0.05, 0) is 35.7 Å². The van der Waals surface area contributed by atoms with Crippen LogP contribution in [0, 0.1) is 0 Å². The van der Waals surface area contributed by atoms with Crippen LogP contribution in [0.1, 0.15) is 10.4 Å². The number of carbonyl (C=O) groups excluding carboxylic acids is 1. The highest BCUT2D eigenvalue weighted by Crippen LogP contribution is 2.27. The number of carbonyl (C=O) groups is 1. The van der Waals surface area contributed by atoms with Crippen LogP contribution in [0.2, 0.25) is 0 Å². The van der Waals surface area contributed by atoms with Crippen LogP contribution in [0.15, 0.2) is 63.0 Å². The third-order valence-electron chi connectivity index (χ3n) is 3.55. The minimum Gasteiger partial charge on any atom is -0.296 e. The Morgan fingerprint density at radius 2 is 2.04 bits per heavy atom. The molecule has 2 aromatic heterocycles. The van der Waals surface area contributed by atoms with Crippen LogP contribution in [0.25, 0.3) is 0 Å². The van der Waals surface area contributed by atoms with Gasteiger partial charge in [-0.25, -0.2) is 8.42 Å². The van der Waals surface area contributed by atoms with Crippen LogP contribution >= 0.6 is 34.4 Å². The number of rotatable bonds is 8. The van der Waals surface area contributed by atoms with Crippen molar-refractivity contribution >= 4 is 61.2 Å². The molecule has 0 bridgehead atoms. The molecule has 7 nitrogen and oxygen atoms in total. The van der Waals surface area contributed by atoms with Gasteiger partial charge in [-0.3, -0.25) is 14.4 Å². The first-order valence-electron chi connectivity index (χ1n) is 7.93. The fraction of sp³-hybridized carbons (Fsp3) is 0.118. The van der Waals surface area contributed by atoms with Gasteiger partial charge in [0.05, 0.1) is 5.69 Å². The first-order chi connectivity index (χ1) is 13.4. The number of nitrogens with one attached hydrogen (secondary N) is 1. The van der Waals surface area contributed by atoms with E-state index in [2.05, 4.69) is 22.1 Å². The van der Waals surface area contributed by atoms with Gasteiger partial charge in [0, 0.05) is 18.4 Å². The number of hydrogen-bond donors (Lipinski definition) is 1. The molecule has 0 aliphatic heterocycles. The van der Waals surface area contributed by atoms with Crippen molar-refractivity contribution in [1.29, 1.82) is 0 Å². The van der Waals surface area contributed by atoms with E-state index in [0.717, 1.165) is 15.7 Å². The lowest BCUT2D eigenvalue weighted by atomic mass is 10.2. The molecule has 1 N–H and O–H groups in total. The molecular formula is C17H16N4O3S4. The normalized spacial score (nSPS) is 11.2. The second-order valence-corrected chi connectivity index (χ2v) is 10.8. The van der Waals surface area contributed by atoms with Crippen molar-refractivity contribution in [1.82, 2.24) is 10.2 Å².